The number of carbonyl (C=O) groups is 2. The molecule has 3 aliphatic rings. The number of hydrogen-bond acceptors (Lipinski definition) is 4. The van der Waals surface area contributed by atoms with Crippen LogP contribution in [0.25, 0.3) is 0 Å². The van der Waals surface area contributed by atoms with Gasteiger partial charge in [0.15, 0.2) is 0 Å². The predicted octanol–water partition coefficient (Wildman–Crippen LogP) is 2.20. The SMILES string of the molecule is CNC(=O)C1CN(Cc2ccccc2)CC12CN(C(=O)CC1CCN(C(C)C)CC1)C2. The summed E-state index contributed by atoms with van der Waals surface area (Å²) in [7, 11) is 1.72. The number of nitrogens with zero attached hydrogens (tertiary/aromatic N) is 3. The maximum absolute atomic E-state index is 13.0. The first-order chi connectivity index (χ1) is 14.9. The Bertz CT molecular complexity index is 767. The average Bonchev–Trinajstić information content (AvgIpc) is 3.12. The third-order valence-corrected chi connectivity index (χ3v) is 7.74. The van der Waals surface area contributed by atoms with E-state index in [0.717, 1.165) is 58.7 Å². The number of benzene rings is 1. The lowest BCUT2D eigenvalue weighted by Crippen LogP contribution is -2.64. The lowest BCUT2D eigenvalue weighted by atomic mass is 9.71. The van der Waals surface area contributed by atoms with Crippen LogP contribution in [-0.2, 0) is 16.1 Å². The molecule has 1 N–H and O–H groups in total. The molecule has 1 unspecified atom stereocenters. The van der Waals surface area contributed by atoms with Crippen LogP contribution < -0.4 is 5.32 Å². The zero-order valence-corrected chi connectivity index (χ0v) is 19.3. The Morgan fingerprint density at radius 3 is 2.39 bits per heavy atom. The van der Waals surface area contributed by atoms with E-state index < -0.39 is 0 Å². The smallest absolute Gasteiger partial charge is 0.224 e. The molecular weight excluding hydrogens is 388 g/mol. The van der Waals surface area contributed by atoms with Gasteiger partial charge in [-0.05, 0) is 51.3 Å². The van der Waals surface area contributed by atoms with Crippen molar-refractivity contribution >= 4 is 11.8 Å². The summed E-state index contributed by atoms with van der Waals surface area (Å²) in [6.45, 7) is 10.7. The van der Waals surface area contributed by atoms with E-state index >= 15 is 0 Å². The number of rotatable bonds is 6. The highest BCUT2D eigenvalue weighted by Crippen LogP contribution is 2.45. The van der Waals surface area contributed by atoms with Crippen molar-refractivity contribution in [3.63, 3.8) is 0 Å². The fraction of sp³-hybridized carbons (Fsp3) is 0.680. The van der Waals surface area contributed by atoms with E-state index in [9.17, 15) is 9.59 Å². The van der Waals surface area contributed by atoms with Crippen molar-refractivity contribution < 1.29 is 9.59 Å². The molecule has 2 amide bonds. The molecule has 3 fully saturated rings. The molecule has 6 nitrogen and oxygen atoms in total. The van der Waals surface area contributed by atoms with E-state index in [0.29, 0.717) is 18.4 Å². The van der Waals surface area contributed by atoms with Crippen molar-refractivity contribution in [2.45, 2.75) is 45.7 Å². The summed E-state index contributed by atoms with van der Waals surface area (Å²) in [6, 6.07) is 11.0. The molecule has 3 heterocycles. The summed E-state index contributed by atoms with van der Waals surface area (Å²) in [6.07, 6.45) is 2.91. The second-order valence-corrected chi connectivity index (χ2v) is 10.2. The number of hydrogen-bond donors (Lipinski definition) is 1. The van der Waals surface area contributed by atoms with Crippen LogP contribution in [0.1, 0.15) is 38.7 Å². The van der Waals surface area contributed by atoms with Gasteiger partial charge in [0.05, 0.1) is 5.92 Å². The van der Waals surface area contributed by atoms with Gasteiger partial charge in [0.2, 0.25) is 11.8 Å². The second-order valence-electron chi connectivity index (χ2n) is 10.2. The first kappa shape index (κ1) is 22.3. The van der Waals surface area contributed by atoms with Gasteiger partial charge in [-0.15, -0.1) is 0 Å². The zero-order chi connectivity index (χ0) is 22.0. The Balaban J connectivity index is 1.32. The molecule has 6 heteroatoms. The van der Waals surface area contributed by atoms with E-state index in [1.54, 1.807) is 7.05 Å². The Morgan fingerprint density at radius 1 is 1.10 bits per heavy atom. The largest absolute Gasteiger partial charge is 0.359 e. The molecule has 1 spiro atoms. The minimum absolute atomic E-state index is 0.0421. The van der Waals surface area contributed by atoms with Crippen LogP contribution in [0.2, 0.25) is 0 Å². The fourth-order valence-corrected chi connectivity index (χ4v) is 5.83. The first-order valence-corrected chi connectivity index (χ1v) is 11.9. The molecule has 3 aliphatic heterocycles. The minimum atomic E-state index is -0.0917. The van der Waals surface area contributed by atoms with Gasteiger partial charge in [-0.3, -0.25) is 14.5 Å². The van der Waals surface area contributed by atoms with Crippen LogP contribution >= 0.6 is 0 Å². The molecule has 1 aromatic carbocycles. The van der Waals surface area contributed by atoms with Gasteiger partial charge in [0.25, 0.3) is 0 Å². The number of likely N-dealkylation sites (tertiary alicyclic amines) is 3. The number of carbonyl (C=O) groups excluding carboxylic acids is 2. The number of amides is 2. The zero-order valence-electron chi connectivity index (χ0n) is 19.3. The summed E-state index contributed by atoms with van der Waals surface area (Å²) < 4.78 is 0. The first-order valence-electron chi connectivity index (χ1n) is 11.9. The van der Waals surface area contributed by atoms with Gasteiger partial charge in [-0.25, -0.2) is 0 Å². The van der Waals surface area contributed by atoms with Crippen molar-refractivity contribution in [2.24, 2.45) is 17.3 Å². The predicted molar refractivity (Wildman–Crippen MR) is 122 cm³/mol. The van der Waals surface area contributed by atoms with Crippen LogP contribution in [0.4, 0.5) is 0 Å². The second kappa shape index (κ2) is 9.29. The Morgan fingerprint density at radius 2 is 1.77 bits per heavy atom. The third kappa shape index (κ3) is 4.80. The molecule has 4 rings (SSSR count). The molecule has 170 valence electrons. The molecule has 0 bridgehead atoms. The van der Waals surface area contributed by atoms with E-state index in [1.807, 2.05) is 11.0 Å². The molecule has 31 heavy (non-hydrogen) atoms. The van der Waals surface area contributed by atoms with Gasteiger partial charge in [0.1, 0.15) is 0 Å². The topological polar surface area (TPSA) is 55.9 Å². The fourth-order valence-electron chi connectivity index (χ4n) is 5.83. The third-order valence-electron chi connectivity index (χ3n) is 7.74. The summed E-state index contributed by atoms with van der Waals surface area (Å²) in [5.74, 6) is 0.862. The van der Waals surface area contributed by atoms with E-state index in [4.69, 9.17) is 0 Å². The van der Waals surface area contributed by atoms with Crippen LogP contribution in [-0.4, -0.2) is 78.9 Å². The van der Waals surface area contributed by atoms with Crippen molar-refractivity contribution in [3.05, 3.63) is 35.9 Å². The Labute approximate surface area is 187 Å². The average molecular weight is 427 g/mol. The highest BCUT2D eigenvalue weighted by Gasteiger charge is 2.57. The Kier molecular flexibility index (Phi) is 6.68. The standard InChI is InChI=1S/C25H38N4O2/c1-19(2)28-11-9-20(10-12-28)13-23(30)29-17-25(18-29)16-27(15-22(25)24(31)26-3)14-21-7-5-4-6-8-21/h4-8,19-20,22H,9-18H2,1-3H3,(H,26,31). The molecule has 1 aromatic rings. The molecular formula is C25H38N4O2. The molecule has 3 saturated heterocycles. The van der Waals surface area contributed by atoms with Crippen molar-refractivity contribution in [2.75, 3.05) is 46.3 Å². The van der Waals surface area contributed by atoms with Gasteiger partial charge in [0, 0.05) is 57.6 Å². The number of nitrogens with one attached hydrogen (secondary N) is 1. The molecule has 1 atom stereocenters. The summed E-state index contributed by atoms with van der Waals surface area (Å²) >= 11 is 0. The van der Waals surface area contributed by atoms with Gasteiger partial charge in [-0.1, -0.05) is 30.3 Å². The van der Waals surface area contributed by atoms with Crippen LogP contribution in [0.15, 0.2) is 30.3 Å². The van der Waals surface area contributed by atoms with E-state index in [-0.39, 0.29) is 23.1 Å². The summed E-state index contributed by atoms with van der Waals surface area (Å²) in [5.41, 5.74) is 1.18. The highest BCUT2D eigenvalue weighted by molar-refractivity contribution is 5.82. The van der Waals surface area contributed by atoms with E-state index in [1.165, 1.54) is 5.56 Å². The van der Waals surface area contributed by atoms with Gasteiger partial charge < -0.3 is 15.1 Å². The maximum atomic E-state index is 13.0. The number of piperidine rings is 1. The molecule has 0 aromatic heterocycles. The molecule has 0 radical (unpaired) electrons. The van der Waals surface area contributed by atoms with Crippen LogP contribution in [0.3, 0.4) is 0 Å². The minimum Gasteiger partial charge on any atom is -0.359 e. The monoisotopic (exact) mass is 426 g/mol. The van der Waals surface area contributed by atoms with Crippen molar-refractivity contribution in [3.8, 4) is 0 Å². The van der Waals surface area contributed by atoms with Gasteiger partial charge >= 0.3 is 0 Å². The van der Waals surface area contributed by atoms with Crippen LogP contribution in [0.5, 0.6) is 0 Å². The quantitative estimate of drug-likeness (QED) is 0.758. The highest BCUT2D eigenvalue weighted by atomic mass is 16.2. The van der Waals surface area contributed by atoms with Crippen molar-refractivity contribution in [1.82, 2.24) is 20.0 Å². The normalized spacial score (nSPS) is 24.5. The van der Waals surface area contributed by atoms with Gasteiger partial charge in [-0.2, -0.15) is 0 Å². The van der Waals surface area contributed by atoms with Crippen LogP contribution in [0, 0.1) is 17.3 Å². The summed E-state index contributed by atoms with van der Waals surface area (Å²) in [5, 5.41) is 2.86. The maximum Gasteiger partial charge on any atom is 0.224 e. The summed E-state index contributed by atoms with van der Waals surface area (Å²) in [4.78, 5) is 32.5. The lowest BCUT2D eigenvalue weighted by molar-refractivity contribution is -0.150. The lowest BCUT2D eigenvalue weighted by Gasteiger charge is -2.51. The molecule has 0 aliphatic carbocycles. The Hall–Kier alpha value is -1.92. The molecule has 0 saturated carbocycles. The van der Waals surface area contributed by atoms with E-state index in [2.05, 4.69) is 53.2 Å². The van der Waals surface area contributed by atoms with Crippen molar-refractivity contribution in [1.29, 1.82) is 0 Å².